The molecule has 1 N–H and O–H groups in total. The summed E-state index contributed by atoms with van der Waals surface area (Å²) in [6.07, 6.45) is 2.59. The number of rotatable bonds is 8. The van der Waals surface area contributed by atoms with Crippen molar-refractivity contribution in [1.82, 2.24) is 4.90 Å². The van der Waals surface area contributed by atoms with Gasteiger partial charge in [-0.25, -0.2) is 0 Å². The van der Waals surface area contributed by atoms with Crippen LogP contribution >= 0.6 is 0 Å². The molecule has 0 aliphatic carbocycles. The summed E-state index contributed by atoms with van der Waals surface area (Å²) >= 11 is 0. The molecule has 1 unspecified atom stereocenters. The van der Waals surface area contributed by atoms with E-state index in [-0.39, 0.29) is 16.7 Å². The van der Waals surface area contributed by atoms with Crippen molar-refractivity contribution in [2.75, 3.05) is 13.2 Å². The Balaban J connectivity index is 2.06. The molecule has 1 atom stereocenters. The van der Waals surface area contributed by atoms with E-state index in [1.54, 1.807) is 29.2 Å². The third-order valence-electron chi connectivity index (χ3n) is 5.99. The van der Waals surface area contributed by atoms with Gasteiger partial charge in [-0.1, -0.05) is 65.3 Å². The third kappa shape index (κ3) is 5.29. The number of carbonyl (C=O) groups is 2. The molecule has 1 aliphatic rings. The Labute approximate surface area is 197 Å². The summed E-state index contributed by atoms with van der Waals surface area (Å²) in [6.45, 7) is 11.6. The molecule has 1 aliphatic heterocycles. The van der Waals surface area contributed by atoms with Crippen molar-refractivity contribution in [3.05, 3.63) is 70.8 Å². The van der Waals surface area contributed by atoms with E-state index in [0.717, 1.165) is 24.8 Å². The lowest BCUT2D eigenvalue weighted by atomic mass is 9.85. The topological polar surface area (TPSA) is 66.8 Å². The Morgan fingerprint density at radius 3 is 2.15 bits per heavy atom. The second-order valence-corrected chi connectivity index (χ2v) is 9.59. The molecule has 33 heavy (non-hydrogen) atoms. The first-order valence-electron chi connectivity index (χ1n) is 11.8. The molecule has 1 heterocycles. The van der Waals surface area contributed by atoms with E-state index in [4.69, 9.17) is 4.74 Å². The quantitative estimate of drug-likeness (QED) is 0.305. The highest BCUT2D eigenvalue weighted by molar-refractivity contribution is 6.46. The number of benzene rings is 2. The zero-order chi connectivity index (χ0) is 24.2. The normalized spacial score (nSPS) is 18.1. The van der Waals surface area contributed by atoms with Crippen LogP contribution in [0.15, 0.2) is 54.1 Å². The fraction of sp³-hybridized carbons (Fsp3) is 0.429. The van der Waals surface area contributed by atoms with Crippen LogP contribution in [0.2, 0.25) is 0 Å². The van der Waals surface area contributed by atoms with Crippen molar-refractivity contribution < 1.29 is 19.4 Å². The fourth-order valence-corrected chi connectivity index (χ4v) is 4.04. The molecule has 176 valence electrons. The minimum absolute atomic E-state index is 0.00978. The van der Waals surface area contributed by atoms with E-state index in [0.29, 0.717) is 24.5 Å². The predicted molar refractivity (Wildman–Crippen MR) is 131 cm³/mol. The van der Waals surface area contributed by atoms with Crippen molar-refractivity contribution in [2.24, 2.45) is 0 Å². The Morgan fingerprint density at radius 2 is 1.61 bits per heavy atom. The van der Waals surface area contributed by atoms with Crippen molar-refractivity contribution in [3.63, 3.8) is 0 Å². The van der Waals surface area contributed by atoms with Gasteiger partial charge >= 0.3 is 0 Å². The Morgan fingerprint density at radius 1 is 0.970 bits per heavy atom. The zero-order valence-electron chi connectivity index (χ0n) is 20.4. The minimum atomic E-state index is -0.639. The van der Waals surface area contributed by atoms with Gasteiger partial charge in [0.25, 0.3) is 11.7 Å². The van der Waals surface area contributed by atoms with E-state index in [1.807, 2.05) is 38.1 Å². The molecule has 2 aromatic rings. The van der Waals surface area contributed by atoms with Gasteiger partial charge in [0.2, 0.25) is 0 Å². The van der Waals surface area contributed by atoms with Gasteiger partial charge in [0.05, 0.1) is 18.2 Å². The van der Waals surface area contributed by atoms with Crippen LogP contribution in [-0.4, -0.2) is 34.8 Å². The number of unbranched alkanes of at least 4 members (excludes halogenated alkanes) is 1. The Kier molecular flexibility index (Phi) is 7.62. The van der Waals surface area contributed by atoms with Gasteiger partial charge in [0, 0.05) is 12.1 Å². The maximum atomic E-state index is 13.1. The summed E-state index contributed by atoms with van der Waals surface area (Å²) < 4.78 is 5.62. The Bertz CT molecular complexity index is 1010. The molecule has 3 rings (SSSR count). The summed E-state index contributed by atoms with van der Waals surface area (Å²) in [5, 5.41) is 11.2. The molecule has 2 aromatic carbocycles. The number of amides is 1. The van der Waals surface area contributed by atoms with Crippen LogP contribution in [0, 0.1) is 0 Å². The molecule has 1 saturated heterocycles. The molecule has 1 amide bonds. The average molecular weight is 450 g/mol. The molecule has 0 bridgehead atoms. The molecule has 0 aromatic heterocycles. The van der Waals surface area contributed by atoms with Gasteiger partial charge in [-0.05, 0) is 53.6 Å². The van der Waals surface area contributed by atoms with Gasteiger partial charge < -0.3 is 14.7 Å². The Hall–Kier alpha value is -3.08. The molecular weight excluding hydrogens is 414 g/mol. The molecule has 1 fully saturated rings. The van der Waals surface area contributed by atoms with Crippen LogP contribution in [0.4, 0.5) is 0 Å². The molecule has 0 saturated carbocycles. The van der Waals surface area contributed by atoms with Gasteiger partial charge in [-0.3, -0.25) is 9.59 Å². The zero-order valence-corrected chi connectivity index (χ0v) is 20.4. The number of nitrogens with zero attached hydrogens (tertiary/aromatic N) is 1. The smallest absolute Gasteiger partial charge is 0.295 e. The lowest BCUT2D eigenvalue weighted by Gasteiger charge is -2.26. The van der Waals surface area contributed by atoms with Crippen LogP contribution in [0.5, 0.6) is 5.75 Å². The van der Waals surface area contributed by atoms with Crippen LogP contribution in [0.3, 0.4) is 0 Å². The number of hydrogen-bond acceptors (Lipinski definition) is 4. The summed E-state index contributed by atoms with van der Waals surface area (Å²) in [7, 11) is 0. The number of hydrogen-bond donors (Lipinski definition) is 1. The first kappa shape index (κ1) is 24.6. The minimum Gasteiger partial charge on any atom is -0.507 e. The van der Waals surface area contributed by atoms with E-state index in [9.17, 15) is 14.7 Å². The summed E-state index contributed by atoms with van der Waals surface area (Å²) in [4.78, 5) is 27.6. The summed E-state index contributed by atoms with van der Waals surface area (Å²) in [5.74, 6) is -0.650. The van der Waals surface area contributed by atoms with Crippen LogP contribution in [0.25, 0.3) is 5.76 Å². The third-order valence-corrected chi connectivity index (χ3v) is 5.99. The number of aliphatic hydroxyl groups is 1. The second-order valence-electron chi connectivity index (χ2n) is 9.59. The lowest BCUT2D eigenvalue weighted by Crippen LogP contribution is -2.30. The summed E-state index contributed by atoms with van der Waals surface area (Å²) in [6, 6.07) is 14.4. The van der Waals surface area contributed by atoms with Crippen LogP contribution < -0.4 is 4.74 Å². The number of Topliss-reactive ketones (excluding diaryl/α,β-unsaturated/α-hetero) is 1. The number of ketones is 1. The van der Waals surface area contributed by atoms with E-state index in [1.165, 1.54) is 5.56 Å². The maximum Gasteiger partial charge on any atom is 0.295 e. The van der Waals surface area contributed by atoms with Gasteiger partial charge in [0.1, 0.15) is 11.5 Å². The molecule has 5 nitrogen and oxygen atoms in total. The van der Waals surface area contributed by atoms with Crippen LogP contribution in [0.1, 0.15) is 76.6 Å². The monoisotopic (exact) mass is 449 g/mol. The van der Waals surface area contributed by atoms with Crippen LogP contribution in [-0.2, 0) is 15.0 Å². The average Bonchev–Trinajstić information content (AvgIpc) is 3.05. The largest absolute Gasteiger partial charge is 0.507 e. The number of likely N-dealkylation sites (tertiary alicyclic amines) is 1. The van der Waals surface area contributed by atoms with E-state index in [2.05, 4.69) is 20.8 Å². The predicted octanol–water partition coefficient (Wildman–Crippen LogP) is 5.99. The summed E-state index contributed by atoms with van der Waals surface area (Å²) in [5.41, 5.74) is 2.61. The fourth-order valence-electron chi connectivity index (χ4n) is 4.04. The SMILES string of the molecule is CCCCN1C(=O)C(=O)/C(=C(\O)c2ccc(OCCC)cc2)C1c1ccc(C(C)(C)C)cc1. The highest BCUT2D eigenvalue weighted by atomic mass is 16.5. The van der Waals surface area contributed by atoms with Crippen molar-refractivity contribution >= 4 is 17.4 Å². The molecule has 0 spiro atoms. The first-order valence-corrected chi connectivity index (χ1v) is 11.8. The van der Waals surface area contributed by atoms with E-state index >= 15 is 0 Å². The van der Waals surface area contributed by atoms with Crippen molar-refractivity contribution in [3.8, 4) is 5.75 Å². The van der Waals surface area contributed by atoms with Crippen molar-refractivity contribution in [1.29, 1.82) is 0 Å². The number of ether oxygens (including phenoxy) is 1. The molecular formula is C28H35NO4. The number of carbonyl (C=O) groups excluding carboxylic acids is 2. The van der Waals surface area contributed by atoms with Gasteiger partial charge in [0.15, 0.2) is 0 Å². The molecule has 5 heteroatoms. The second kappa shape index (κ2) is 10.2. The standard InChI is InChI=1S/C28H35NO4/c1-6-8-17-29-24(19-9-13-21(14-10-19)28(3,4)5)23(26(31)27(29)32)25(30)20-11-15-22(16-12-20)33-18-7-2/h9-16,24,30H,6-8,17-18H2,1-5H3/b25-23-. The first-order chi connectivity index (χ1) is 15.7. The van der Waals surface area contributed by atoms with Gasteiger partial charge in [-0.15, -0.1) is 0 Å². The highest BCUT2D eigenvalue weighted by Gasteiger charge is 2.45. The van der Waals surface area contributed by atoms with Crippen molar-refractivity contribution in [2.45, 2.75) is 65.3 Å². The van der Waals surface area contributed by atoms with Gasteiger partial charge in [-0.2, -0.15) is 0 Å². The van der Waals surface area contributed by atoms with E-state index < -0.39 is 17.7 Å². The molecule has 0 radical (unpaired) electrons. The maximum absolute atomic E-state index is 13.1. The lowest BCUT2D eigenvalue weighted by molar-refractivity contribution is -0.139. The highest BCUT2D eigenvalue weighted by Crippen LogP contribution is 2.40. The number of aliphatic hydroxyl groups excluding tert-OH is 1.